The van der Waals surface area contributed by atoms with Gasteiger partial charge in [-0.2, -0.15) is 0 Å². The molecule has 0 radical (unpaired) electrons. The minimum absolute atomic E-state index is 0.0787. The number of hydrogen-bond acceptors (Lipinski definition) is 4. The zero-order chi connectivity index (χ0) is 6.85. The zero-order valence-corrected chi connectivity index (χ0v) is 5.69. The smallest absolute Gasteiger partial charge is 0.179 e. The molecule has 0 aromatic carbocycles. The minimum atomic E-state index is 0.0787. The Morgan fingerprint density at radius 1 is 1.11 bits per heavy atom. The normalized spacial score (nSPS) is 9.56. The predicted octanol–water partition coefficient (Wildman–Crippen LogP) is 0.761. The van der Waals surface area contributed by atoms with Gasteiger partial charge in [0.25, 0.3) is 0 Å². The first-order valence-corrected chi connectivity index (χ1v) is 2.77. The van der Waals surface area contributed by atoms with Crippen LogP contribution >= 0.6 is 23.2 Å². The van der Waals surface area contributed by atoms with E-state index in [0.29, 0.717) is 0 Å². The summed E-state index contributed by atoms with van der Waals surface area (Å²) in [4.78, 5) is 0. The molecule has 2 N–H and O–H groups in total. The van der Waals surface area contributed by atoms with Gasteiger partial charge in [-0.15, -0.1) is 10.2 Å². The van der Waals surface area contributed by atoms with Crippen LogP contribution in [-0.4, -0.2) is 15.4 Å². The van der Waals surface area contributed by atoms with E-state index < -0.39 is 0 Å². The summed E-state index contributed by atoms with van der Waals surface area (Å²) in [5.74, 6) is 0. The van der Waals surface area contributed by atoms with Gasteiger partial charge in [0, 0.05) is 0 Å². The maximum Gasteiger partial charge on any atom is 0.179 e. The second kappa shape index (κ2) is 2.33. The topological polar surface area (TPSA) is 64.7 Å². The van der Waals surface area contributed by atoms with E-state index in [2.05, 4.69) is 15.4 Å². The molecule has 0 aliphatic carbocycles. The fourth-order valence-corrected chi connectivity index (χ4v) is 0.589. The molecule has 0 bridgehead atoms. The van der Waals surface area contributed by atoms with Crippen molar-refractivity contribution in [2.24, 2.45) is 0 Å². The second-order valence-corrected chi connectivity index (χ2v) is 2.00. The Morgan fingerprint density at radius 3 is 1.89 bits per heavy atom. The summed E-state index contributed by atoms with van der Waals surface area (Å²) in [6, 6.07) is 0. The second-order valence-electron chi connectivity index (χ2n) is 1.28. The summed E-state index contributed by atoms with van der Waals surface area (Å²) in [6.07, 6.45) is 0. The van der Waals surface area contributed by atoms with Crippen LogP contribution in [-0.2, 0) is 0 Å². The first kappa shape index (κ1) is 6.51. The van der Waals surface area contributed by atoms with Crippen molar-refractivity contribution in [2.75, 3.05) is 5.73 Å². The largest absolute Gasteiger partial charge is 0.394 e. The molecule has 48 valence electrons. The molecule has 0 saturated carbocycles. The Kier molecular flexibility index (Phi) is 1.68. The number of nitrogen functional groups attached to an aromatic ring is 1. The van der Waals surface area contributed by atoms with Crippen molar-refractivity contribution >= 4 is 28.9 Å². The molecule has 0 spiro atoms. The van der Waals surface area contributed by atoms with E-state index in [1.807, 2.05) is 0 Å². The van der Waals surface area contributed by atoms with Crippen molar-refractivity contribution in [1.29, 1.82) is 0 Å². The van der Waals surface area contributed by atoms with Gasteiger partial charge >= 0.3 is 0 Å². The van der Waals surface area contributed by atoms with Crippen molar-refractivity contribution in [1.82, 2.24) is 15.4 Å². The third kappa shape index (κ3) is 1.20. The van der Waals surface area contributed by atoms with Gasteiger partial charge in [0.05, 0.1) is 0 Å². The third-order valence-corrected chi connectivity index (χ3v) is 1.27. The molecule has 6 heteroatoms. The first-order chi connectivity index (χ1) is 4.22. The van der Waals surface area contributed by atoms with Crippen LogP contribution in [0.1, 0.15) is 0 Å². The van der Waals surface area contributed by atoms with Crippen molar-refractivity contribution < 1.29 is 0 Å². The molecule has 1 rings (SSSR count). The molecule has 0 atom stereocenters. The summed E-state index contributed by atoms with van der Waals surface area (Å²) in [7, 11) is 0. The van der Waals surface area contributed by atoms with Crippen molar-refractivity contribution in [3.05, 3.63) is 10.3 Å². The number of hydrogen-bond donors (Lipinski definition) is 1. The summed E-state index contributed by atoms with van der Waals surface area (Å²) >= 11 is 10.8. The Bertz CT molecular complexity index is 205. The van der Waals surface area contributed by atoms with Gasteiger partial charge in [-0.3, -0.25) is 0 Å². The monoisotopic (exact) mass is 164 g/mol. The van der Waals surface area contributed by atoms with E-state index >= 15 is 0 Å². The number of halogens is 2. The van der Waals surface area contributed by atoms with Gasteiger partial charge in [-0.1, -0.05) is 23.2 Å². The molecule has 0 aliphatic heterocycles. The average Bonchev–Trinajstić information content (AvgIpc) is 1.83. The molecule has 1 aromatic heterocycles. The Morgan fingerprint density at radius 2 is 1.56 bits per heavy atom. The van der Waals surface area contributed by atoms with Crippen LogP contribution < -0.4 is 5.73 Å². The summed E-state index contributed by atoms with van der Waals surface area (Å²) < 4.78 is 0. The van der Waals surface area contributed by atoms with Crippen LogP contribution in [0, 0.1) is 0 Å². The number of aromatic nitrogens is 3. The lowest BCUT2D eigenvalue weighted by Gasteiger charge is -1.92. The molecule has 0 fully saturated rings. The van der Waals surface area contributed by atoms with Crippen molar-refractivity contribution in [3.8, 4) is 0 Å². The zero-order valence-electron chi connectivity index (χ0n) is 4.17. The maximum atomic E-state index is 5.39. The number of nitrogens with zero attached hydrogens (tertiary/aromatic N) is 3. The molecule has 0 saturated heterocycles. The lowest BCUT2D eigenvalue weighted by atomic mass is 10.6. The summed E-state index contributed by atoms with van der Waals surface area (Å²) in [5.41, 5.74) is 5.41. The Labute approximate surface area is 61.0 Å². The van der Waals surface area contributed by atoms with E-state index in [9.17, 15) is 0 Å². The van der Waals surface area contributed by atoms with Crippen LogP contribution in [0.15, 0.2) is 0 Å². The van der Waals surface area contributed by atoms with E-state index in [1.165, 1.54) is 0 Å². The van der Waals surface area contributed by atoms with Gasteiger partial charge in [0.15, 0.2) is 10.3 Å². The molecule has 1 heterocycles. The summed E-state index contributed by atoms with van der Waals surface area (Å²) in [6.45, 7) is 0. The highest BCUT2D eigenvalue weighted by atomic mass is 35.5. The summed E-state index contributed by atoms with van der Waals surface area (Å²) in [5, 5.41) is 10.0. The van der Waals surface area contributed by atoms with Gasteiger partial charge in [-0.05, 0) is 5.21 Å². The predicted molar refractivity (Wildman–Crippen MR) is 34.3 cm³/mol. The Balaban J connectivity index is 3.25. The average molecular weight is 165 g/mol. The molecule has 9 heavy (non-hydrogen) atoms. The Hall–Kier alpha value is -0.610. The highest BCUT2D eigenvalue weighted by molar-refractivity contribution is 6.37. The highest BCUT2D eigenvalue weighted by Crippen LogP contribution is 2.19. The van der Waals surface area contributed by atoms with E-state index in [0.717, 1.165) is 0 Å². The molecule has 0 aliphatic rings. The van der Waals surface area contributed by atoms with Crippen molar-refractivity contribution in [3.63, 3.8) is 0 Å². The minimum Gasteiger partial charge on any atom is -0.394 e. The molecular weight excluding hydrogens is 163 g/mol. The van der Waals surface area contributed by atoms with Crippen LogP contribution in [0.25, 0.3) is 0 Å². The number of anilines is 1. The fraction of sp³-hybridized carbons (Fsp3) is 0. The molecular formula is C3H2Cl2N4. The van der Waals surface area contributed by atoms with Crippen LogP contribution in [0.4, 0.5) is 5.69 Å². The van der Waals surface area contributed by atoms with Gasteiger partial charge in [0.1, 0.15) is 5.69 Å². The van der Waals surface area contributed by atoms with Crippen LogP contribution in [0.2, 0.25) is 10.3 Å². The maximum absolute atomic E-state index is 5.39. The van der Waals surface area contributed by atoms with Crippen LogP contribution in [0.3, 0.4) is 0 Å². The van der Waals surface area contributed by atoms with E-state index in [4.69, 9.17) is 28.9 Å². The lowest BCUT2D eigenvalue weighted by molar-refractivity contribution is 0.869. The highest BCUT2D eigenvalue weighted by Gasteiger charge is 2.02. The van der Waals surface area contributed by atoms with Gasteiger partial charge in [-0.25, -0.2) is 0 Å². The fourth-order valence-electron chi connectivity index (χ4n) is 0.294. The van der Waals surface area contributed by atoms with Crippen LogP contribution in [0.5, 0.6) is 0 Å². The third-order valence-electron chi connectivity index (χ3n) is 0.710. The molecule has 4 nitrogen and oxygen atoms in total. The first-order valence-electron chi connectivity index (χ1n) is 2.01. The van der Waals surface area contributed by atoms with E-state index in [-0.39, 0.29) is 16.0 Å². The molecule has 0 unspecified atom stereocenters. The van der Waals surface area contributed by atoms with Gasteiger partial charge < -0.3 is 5.73 Å². The number of nitrogens with two attached hydrogens (primary N) is 1. The van der Waals surface area contributed by atoms with Crippen molar-refractivity contribution in [2.45, 2.75) is 0 Å². The van der Waals surface area contributed by atoms with Gasteiger partial charge in [0.2, 0.25) is 0 Å². The lowest BCUT2D eigenvalue weighted by Crippen LogP contribution is -1.95. The molecule has 1 aromatic rings. The SMILES string of the molecule is Nc1c(Cl)nnnc1Cl. The standard InChI is InChI=1S/C3H2Cl2N4/c4-2-1(6)3(5)8-9-7-2/h(H2,6,9). The quantitative estimate of drug-likeness (QED) is 0.616. The van der Waals surface area contributed by atoms with E-state index in [1.54, 1.807) is 0 Å². The molecule has 0 amide bonds. The number of rotatable bonds is 0.